The quantitative estimate of drug-likeness (QED) is 0.419. The second kappa shape index (κ2) is 5.78. The van der Waals surface area contributed by atoms with E-state index < -0.39 is 0 Å². The highest BCUT2D eigenvalue weighted by atomic mass is 127. The Morgan fingerprint density at radius 1 is 1.10 bits per heavy atom. The lowest BCUT2D eigenvalue weighted by Crippen LogP contribution is -3.00. The van der Waals surface area contributed by atoms with Crippen molar-refractivity contribution in [2.24, 2.45) is 7.05 Å². The van der Waals surface area contributed by atoms with E-state index in [1.807, 2.05) is 41.9 Å². The lowest BCUT2D eigenvalue weighted by Gasteiger charge is -2.05. The van der Waals surface area contributed by atoms with Crippen LogP contribution in [0.25, 0.3) is 11.4 Å². The number of hydrogen-bond donors (Lipinski definition) is 0. The monoisotopic (exact) mass is 380 g/mol. The summed E-state index contributed by atoms with van der Waals surface area (Å²) in [5.41, 5.74) is 4.40. The van der Waals surface area contributed by atoms with E-state index in [0.717, 1.165) is 22.8 Å². The molecule has 4 nitrogen and oxygen atoms in total. The van der Waals surface area contributed by atoms with E-state index in [1.165, 1.54) is 0 Å². The Kier molecular flexibility index (Phi) is 4.27. The molecule has 1 aromatic carbocycles. The Morgan fingerprint density at radius 2 is 1.85 bits per heavy atom. The third-order valence-corrected chi connectivity index (χ3v) is 3.15. The first-order valence-corrected chi connectivity index (χ1v) is 6.31. The fourth-order valence-corrected chi connectivity index (χ4v) is 2.28. The maximum atomic E-state index is 4.52. The van der Waals surface area contributed by atoms with Gasteiger partial charge >= 0.3 is 0 Å². The van der Waals surface area contributed by atoms with E-state index in [0.29, 0.717) is 0 Å². The van der Waals surface area contributed by atoms with Crippen LogP contribution in [-0.4, -0.2) is 14.3 Å². The third-order valence-electron chi connectivity index (χ3n) is 3.15. The average molecular weight is 380 g/mol. The van der Waals surface area contributed by atoms with Gasteiger partial charge in [-0.2, -0.15) is 5.10 Å². The van der Waals surface area contributed by atoms with E-state index in [4.69, 9.17) is 0 Å². The molecular weight excluding hydrogens is 363 g/mol. The highest BCUT2D eigenvalue weighted by molar-refractivity contribution is 5.44. The van der Waals surface area contributed by atoms with Crippen molar-refractivity contribution in [1.82, 2.24) is 14.3 Å². The number of nitrogens with zero attached hydrogens (tertiary/aromatic N) is 4. The first-order chi connectivity index (χ1) is 9.13. The van der Waals surface area contributed by atoms with Gasteiger partial charge in [0.1, 0.15) is 18.1 Å². The number of hydrogen-bond acceptors (Lipinski definition) is 1. The van der Waals surface area contributed by atoms with Crippen molar-refractivity contribution in [3.63, 3.8) is 0 Å². The summed E-state index contributed by atoms with van der Waals surface area (Å²) in [6.07, 6.45) is 6.11. The molecule has 0 amide bonds. The number of benzene rings is 1. The summed E-state index contributed by atoms with van der Waals surface area (Å²) in [6, 6.07) is 10.4. The molecule has 3 aromatic rings. The second-order valence-electron chi connectivity index (χ2n) is 4.85. The van der Waals surface area contributed by atoms with Crippen LogP contribution in [0.4, 0.5) is 0 Å². The van der Waals surface area contributed by atoms with Crippen LogP contribution in [0.1, 0.15) is 11.4 Å². The lowest BCUT2D eigenvalue weighted by molar-refractivity contribution is -0.670. The average Bonchev–Trinajstić information content (AvgIpc) is 2.96. The molecule has 0 aliphatic heterocycles. The molecule has 0 N–H and O–H groups in total. The Hall–Kier alpha value is -1.63. The minimum Gasteiger partial charge on any atom is -1.00 e. The van der Waals surface area contributed by atoms with Gasteiger partial charge in [0.25, 0.3) is 0 Å². The van der Waals surface area contributed by atoms with Gasteiger partial charge in [0.05, 0.1) is 18.4 Å². The Balaban J connectivity index is 0.00000147. The molecule has 104 valence electrons. The van der Waals surface area contributed by atoms with Gasteiger partial charge in [0.2, 0.25) is 6.33 Å². The summed E-state index contributed by atoms with van der Waals surface area (Å²) in [7, 11) is 2.02. The Bertz CT molecular complexity index is 727. The number of imidazole rings is 1. The van der Waals surface area contributed by atoms with Gasteiger partial charge in [0, 0.05) is 11.8 Å². The van der Waals surface area contributed by atoms with Crippen molar-refractivity contribution >= 4 is 0 Å². The second-order valence-corrected chi connectivity index (χ2v) is 4.85. The number of halogens is 1. The molecule has 0 aliphatic rings. The standard InChI is InChI=1S/C15H17N4.HI/c1-12-9-13(2)19(16-12)15-6-4-5-14(10-15)18-8-7-17(3)11-18;/h4-11H,1-3H3;1H/q+1;/p-1. The normalized spacial score (nSPS) is 10.3. The van der Waals surface area contributed by atoms with Crippen molar-refractivity contribution in [2.75, 3.05) is 0 Å². The molecule has 2 aromatic heterocycles. The van der Waals surface area contributed by atoms with Crippen LogP contribution in [0.5, 0.6) is 0 Å². The molecule has 0 saturated heterocycles. The highest BCUT2D eigenvalue weighted by Gasteiger charge is 2.08. The lowest BCUT2D eigenvalue weighted by atomic mass is 10.2. The topological polar surface area (TPSA) is 26.6 Å². The predicted octanol–water partition coefficient (Wildman–Crippen LogP) is -0.892. The zero-order valence-corrected chi connectivity index (χ0v) is 13.9. The Labute approximate surface area is 135 Å². The van der Waals surface area contributed by atoms with Crippen LogP contribution in [0.3, 0.4) is 0 Å². The molecule has 0 bridgehead atoms. The van der Waals surface area contributed by atoms with E-state index in [1.54, 1.807) is 0 Å². The first kappa shape index (κ1) is 14.8. The van der Waals surface area contributed by atoms with Crippen molar-refractivity contribution in [1.29, 1.82) is 0 Å². The fraction of sp³-hybridized carbons (Fsp3) is 0.200. The van der Waals surface area contributed by atoms with Crippen LogP contribution in [0, 0.1) is 13.8 Å². The van der Waals surface area contributed by atoms with E-state index >= 15 is 0 Å². The van der Waals surface area contributed by atoms with Crippen molar-refractivity contribution in [3.8, 4) is 11.4 Å². The summed E-state index contributed by atoms with van der Waals surface area (Å²) < 4.78 is 6.09. The van der Waals surface area contributed by atoms with Crippen LogP contribution in [0.2, 0.25) is 0 Å². The molecule has 0 spiro atoms. The zero-order valence-electron chi connectivity index (χ0n) is 11.8. The predicted molar refractivity (Wildman–Crippen MR) is 73.5 cm³/mol. The molecule has 20 heavy (non-hydrogen) atoms. The molecular formula is C15H17IN4. The Morgan fingerprint density at radius 3 is 2.45 bits per heavy atom. The van der Waals surface area contributed by atoms with E-state index in [9.17, 15) is 0 Å². The van der Waals surface area contributed by atoms with Gasteiger partial charge in [0.15, 0.2) is 0 Å². The van der Waals surface area contributed by atoms with Crippen LogP contribution in [-0.2, 0) is 7.05 Å². The van der Waals surface area contributed by atoms with Gasteiger partial charge in [-0.15, -0.1) is 0 Å². The van der Waals surface area contributed by atoms with Gasteiger partial charge < -0.3 is 24.0 Å². The van der Waals surface area contributed by atoms with Crippen molar-refractivity contribution < 1.29 is 28.5 Å². The van der Waals surface area contributed by atoms with Crippen LogP contribution < -0.4 is 28.5 Å². The molecule has 0 aliphatic carbocycles. The van der Waals surface area contributed by atoms with E-state index in [-0.39, 0.29) is 24.0 Å². The third kappa shape index (κ3) is 2.77. The van der Waals surface area contributed by atoms with Gasteiger partial charge in [-0.3, -0.25) is 0 Å². The maximum absolute atomic E-state index is 4.52. The number of rotatable bonds is 2. The SMILES string of the molecule is Cc1cc(C)n(-c2cccc(-n3cc[n+](C)c3)c2)n1.[I-]. The van der Waals surface area contributed by atoms with Crippen molar-refractivity contribution in [2.45, 2.75) is 13.8 Å². The molecule has 0 radical (unpaired) electrons. The first-order valence-electron chi connectivity index (χ1n) is 6.31. The molecule has 0 atom stereocenters. The highest BCUT2D eigenvalue weighted by Crippen LogP contribution is 2.15. The molecule has 0 unspecified atom stereocenters. The molecule has 2 heterocycles. The molecule has 0 saturated carbocycles. The van der Waals surface area contributed by atoms with Crippen molar-refractivity contribution in [3.05, 3.63) is 60.4 Å². The number of aromatic nitrogens is 4. The van der Waals surface area contributed by atoms with Crippen LogP contribution >= 0.6 is 0 Å². The fourth-order valence-electron chi connectivity index (χ4n) is 2.28. The molecule has 0 fully saturated rings. The largest absolute Gasteiger partial charge is 1.00 e. The maximum Gasteiger partial charge on any atom is 0.248 e. The van der Waals surface area contributed by atoms with Gasteiger partial charge in [-0.25, -0.2) is 13.8 Å². The zero-order chi connectivity index (χ0) is 13.4. The van der Waals surface area contributed by atoms with Gasteiger partial charge in [-0.1, -0.05) is 6.07 Å². The summed E-state index contributed by atoms with van der Waals surface area (Å²) in [4.78, 5) is 0. The van der Waals surface area contributed by atoms with Crippen LogP contribution in [0.15, 0.2) is 49.1 Å². The minimum absolute atomic E-state index is 0. The van der Waals surface area contributed by atoms with E-state index in [2.05, 4.69) is 46.9 Å². The molecule has 3 rings (SSSR count). The summed E-state index contributed by atoms with van der Waals surface area (Å²) in [6.45, 7) is 4.08. The van der Waals surface area contributed by atoms with Gasteiger partial charge in [-0.05, 0) is 32.0 Å². The smallest absolute Gasteiger partial charge is 0.248 e. The molecule has 5 heteroatoms. The number of aryl methyl sites for hydroxylation is 3. The summed E-state index contributed by atoms with van der Waals surface area (Å²) >= 11 is 0. The minimum atomic E-state index is 0. The summed E-state index contributed by atoms with van der Waals surface area (Å²) in [5.74, 6) is 0. The summed E-state index contributed by atoms with van der Waals surface area (Å²) in [5, 5.41) is 4.52.